The van der Waals surface area contributed by atoms with Gasteiger partial charge in [-0.2, -0.15) is 12.2 Å². The molecule has 2 aromatic rings. The van der Waals surface area contributed by atoms with Gasteiger partial charge in [-0.25, -0.2) is 24.3 Å². The molecule has 4 aliphatic carbocycles. The second kappa shape index (κ2) is 28.3. The van der Waals surface area contributed by atoms with Crippen molar-refractivity contribution in [2.24, 2.45) is 0 Å². The van der Waals surface area contributed by atoms with Crippen molar-refractivity contribution < 1.29 is 71.9 Å². The Morgan fingerprint density at radius 1 is 0.632 bits per heavy atom. The van der Waals surface area contributed by atoms with Crippen molar-refractivity contribution in [1.29, 1.82) is 0 Å². The van der Waals surface area contributed by atoms with Crippen LogP contribution in [0.1, 0.15) is 46.9 Å². The molecule has 0 bridgehead atoms. The molecule has 4 aliphatic rings. The van der Waals surface area contributed by atoms with Crippen molar-refractivity contribution in [2.75, 3.05) is 0 Å². The predicted octanol–water partition coefficient (Wildman–Crippen LogP) is 4.40. The normalized spacial score (nSPS) is 15.9. The number of fused-ring (bicyclic) bond motifs is 2. The van der Waals surface area contributed by atoms with Crippen LogP contribution < -0.4 is 24.8 Å². The van der Waals surface area contributed by atoms with Crippen LogP contribution in [0.2, 0.25) is 0 Å². The molecule has 0 N–H and O–H groups in total. The van der Waals surface area contributed by atoms with Crippen LogP contribution in [0.25, 0.3) is 12.2 Å². The fourth-order valence-electron chi connectivity index (χ4n) is 3.86. The van der Waals surface area contributed by atoms with Crippen LogP contribution in [0.5, 0.6) is 0 Å². The first-order valence-corrected chi connectivity index (χ1v) is 16.6. The SMILES string of the molecule is C1=CC(C2C=Cc3ccccc32)c2ccccc21.[C-]1=CC=CC1.[C-]1=CC=CC1.[CH3-].[CH3-].[CH3-].[CH3-].[Cl-].[Cl-].[Cl][Zr][Cl].[Zr+2]. The maximum atomic E-state index is 4.93. The van der Waals surface area contributed by atoms with Crippen LogP contribution in [0.4, 0.5) is 0 Å². The van der Waals surface area contributed by atoms with Crippen LogP contribution in [-0.2, 0) is 47.1 Å². The Hall–Kier alpha value is -0.194. The number of benzene rings is 2. The van der Waals surface area contributed by atoms with Crippen LogP contribution >= 0.6 is 17.0 Å². The van der Waals surface area contributed by atoms with Crippen molar-refractivity contribution in [2.45, 2.75) is 24.7 Å². The molecule has 0 radical (unpaired) electrons. The molecule has 0 heterocycles. The summed E-state index contributed by atoms with van der Waals surface area (Å²) in [7, 11) is 9.87. The topological polar surface area (TPSA) is 0 Å². The first-order valence-electron chi connectivity index (χ1n) is 10.3. The summed E-state index contributed by atoms with van der Waals surface area (Å²) in [5, 5.41) is 0. The summed E-state index contributed by atoms with van der Waals surface area (Å²) < 4.78 is 0. The molecule has 206 valence electrons. The van der Waals surface area contributed by atoms with E-state index in [1.807, 2.05) is 24.3 Å². The van der Waals surface area contributed by atoms with Gasteiger partial charge in [0.15, 0.2) is 0 Å². The summed E-state index contributed by atoms with van der Waals surface area (Å²) >= 11 is -0.826. The Balaban J connectivity index is -0.000000155. The van der Waals surface area contributed by atoms with E-state index in [0.29, 0.717) is 11.8 Å². The molecule has 0 amide bonds. The zero-order valence-corrected chi connectivity index (χ0v) is 30.4. The van der Waals surface area contributed by atoms with E-state index >= 15 is 0 Å². The van der Waals surface area contributed by atoms with Gasteiger partial charge in [0.25, 0.3) is 0 Å². The van der Waals surface area contributed by atoms with Crippen LogP contribution in [0.3, 0.4) is 0 Å². The third-order valence-corrected chi connectivity index (χ3v) is 5.24. The van der Waals surface area contributed by atoms with Crippen molar-refractivity contribution in [1.82, 2.24) is 0 Å². The second-order valence-electron chi connectivity index (χ2n) is 7.11. The first kappa shape index (κ1) is 47.6. The second-order valence-corrected chi connectivity index (χ2v) is 10.8. The van der Waals surface area contributed by atoms with Gasteiger partial charge in [-0.3, -0.25) is 12.2 Å². The van der Waals surface area contributed by atoms with Crippen molar-refractivity contribution in [3.05, 3.63) is 161 Å². The van der Waals surface area contributed by atoms with Gasteiger partial charge in [0.1, 0.15) is 0 Å². The first-order chi connectivity index (χ1) is 15.3. The summed E-state index contributed by atoms with van der Waals surface area (Å²) in [6.45, 7) is 0. The van der Waals surface area contributed by atoms with Crippen LogP contribution in [0, 0.1) is 41.9 Å². The van der Waals surface area contributed by atoms with Crippen LogP contribution in [0.15, 0.2) is 97.1 Å². The summed E-state index contributed by atoms with van der Waals surface area (Å²) in [4.78, 5) is 0. The average Bonchev–Trinajstić information content (AvgIpc) is 3.62. The molecular formula is C32H36Cl4Zr2-6. The smallest absolute Gasteiger partial charge is 2.00 e. The minimum absolute atomic E-state index is 0. The van der Waals surface area contributed by atoms with E-state index in [1.54, 1.807) is 0 Å². The Morgan fingerprint density at radius 3 is 1.24 bits per heavy atom. The molecule has 6 heteroatoms. The molecular weight excluding hydrogens is 709 g/mol. The summed E-state index contributed by atoms with van der Waals surface area (Å²) in [6, 6.07) is 17.4. The Bertz CT molecular complexity index is 922. The minimum atomic E-state index is -0.826. The van der Waals surface area contributed by atoms with Crippen molar-refractivity contribution in [3.63, 3.8) is 0 Å². The number of hydrogen-bond donors (Lipinski definition) is 0. The number of rotatable bonds is 1. The van der Waals surface area contributed by atoms with Gasteiger partial charge in [0, 0.05) is 11.8 Å². The molecule has 0 nitrogen and oxygen atoms in total. The molecule has 0 aliphatic heterocycles. The maximum absolute atomic E-state index is 4.93. The zero-order chi connectivity index (χ0) is 21.7. The molecule has 6 rings (SSSR count). The third kappa shape index (κ3) is 15.0. The molecule has 0 aromatic heterocycles. The molecule has 2 atom stereocenters. The Kier molecular flexibility index (Phi) is 35.5. The Morgan fingerprint density at radius 2 is 0.974 bits per heavy atom. The van der Waals surface area contributed by atoms with E-state index < -0.39 is 20.8 Å². The molecule has 0 spiro atoms. The number of halogens is 4. The molecule has 0 saturated carbocycles. The van der Waals surface area contributed by atoms with E-state index in [0.717, 1.165) is 12.8 Å². The van der Waals surface area contributed by atoms with E-state index in [4.69, 9.17) is 17.0 Å². The Labute approximate surface area is 284 Å². The monoisotopic (exact) mass is 740 g/mol. The quantitative estimate of drug-likeness (QED) is 0.381. The fourth-order valence-corrected chi connectivity index (χ4v) is 3.86. The molecule has 0 saturated heterocycles. The fraction of sp³-hybridized carbons (Fsp3) is 0.125. The third-order valence-electron chi connectivity index (χ3n) is 5.24. The van der Waals surface area contributed by atoms with Gasteiger partial charge in [0.05, 0.1) is 0 Å². The van der Waals surface area contributed by atoms with Crippen molar-refractivity contribution >= 4 is 29.2 Å². The minimum Gasteiger partial charge on any atom is 2.00 e. The van der Waals surface area contributed by atoms with E-state index in [-0.39, 0.29) is 80.7 Å². The van der Waals surface area contributed by atoms with Gasteiger partial charge in [-0.1, -0.05) is 72.8 Å². The molecule has 0 fully saturated rings. The van der Waals surface area contributed by atoms with Crippen LogP contribution in [-0.4, -0.2) is 0 Å². The largest absolute Gasteiger partial charge is 2.00 e. The average molecular weight is 745 g/mol. The van der Waals surface area contributed by atoms with Gasteiger partial charge in [0.2, 0.25) is 0 Å². The molecule has 2 aromatic carbocycles. The maximum Gasteiger partial charge on any atom is 2.00 e. The number of hydrogen-bond acceptors (Lipinski definition) is 0. The van der Waals surface area contributed by atoms with Gasteiger partial charge >= 0.3 is 64.1 Å². The van der Waals surface area contributed by atoms with Gasteiger partial charge in [-0.05, 0) is 22.3 Å². The standard InChI is InChI=1S/C18H14.2C5H5.4CH3.4ClH.2Zr/c1-3-7-15-13(5-1)9-11-17(15)18-12-10-14-6-2-4-8-16(14)18;2*1-2-4-5-3-1;;;;;;;;;;/h1-12,17-18H;2*1-3H,4H2;4*1H3;4*1H;;/q;6*-1;;;;;2*+2/p-4. The van der Waals surface area contributed by atoms with Crippen molar-refractivity contribution in [3.8, 4) is 0 Å². The predicted molar refractivity (Wildman–Crippen MR) is 157 cm³/mol. The number of allylic oxidation sites excluding steroid dienone is 10. The molecule has 2 unspecified atom stereocenters. The summed E-state index contributed by atoms with van der Waals surface area (Å²) in [6.07, 6.45) is 29.2. The van der Waals surface area contributed by atoms with Gasteiger partial charge in [-0.15, -0.1) is 12.8 Å². The van der Waals surface area contributed by atoms with Gasteiger partial charge < -0.3 is 54.5 Å². The summed E-state index contributed by atoms with van der Waals surface area (Å²) in [5.74, 6) is 1.00. The molecule has 38 heavy (non-hydrogen) atoms. The summed E-state index contributed by atoms with van der Waals surface area (Å²) in [5.41, 5.74) is 5.67. The van der Waals surface area contributed by atoms with E-state index in [2.05, 4.69) is 97.1 Å². The zero-order valence-electron chi connectivity index (χ0n) is 22.5. The van der Waals surface area contributed by atoms with E-state index in [9.17, 15) is 0 Å². The van der Waals surface area contributed by atoms with E-state index in [1.165, 1.54) is 22.3 Å².